The summed E-state index contributed by atoms with van der Waals surface area (Å²) in [6.07, 6.45) is 3.20. The summed E-state index contributed by atoms with van der Waals surface area (Å²) in [5, 5.41) is 12.8. The first-order valence-electron chi connectivity index (χ1n) is 6.69. The van der Waals surface area contributed by atoms with Crippen molar-refractivity contribution >= 4 is 17.4 Å². The Labute approximate surface area is 119 Å². The molecule has 0 unspecified atom stereocenters. The van der Waals surface area contributed by atoms with Crippen LogP contribution in [0.15, 0.2) is 29.6 Å². The predicted octanol–water partition coefficient (Wildman–Crippen LogP) is 2.85. The van der Waals surface area contributed by atoms with Crippen molar-refractivity contribution in [3.63, 3.8) is 0 Å². The molecule has 2 heterocycles. The SMILES string of the molecule is CC(C)(C)CCNCCSc1nnc2ccccn12. The van der Waals surface area contributed by atoms with E-state index < -0.39 is 0 Å². The van der Waals surface area contributed by atoms with Gasteiger partial charge in [-0.1, -0.05) is 38.6 Å². The van der Waals surface area contributed by atoms with Gasteiger partial charge in [0, 0.05) is 18.5 Å². The van der Waals surface area contributed by atoms with E-state index in [2.05, 4.69) is 36.3 Å². The Morgan fingerprint density at radius 1 is 1.21 bits per heavy atom. The normalized spacial score (nSPS) is 12.2. The smallest absolute Gasteiger partial charge is 0.195 e. The molecule has 2 aromatic rings. The van der Waals surface area contributed by atoms with Crippen LogP contribution in [0.2, 0.25) is 0 Å². The van der Waals surface area contributed by atoms with Crippen LogP contribution in [-0.4, -0.2) is 33.4 Å². The average Bonchev–Trinajstić information content (AvgIpc) is 2.76. The van der Waals surface area contributed by atoms with E-state index in [4.69, 9.17) is 0 Å². The van der Waals surface area contributed by atoms with Crippen LogP contribution in [-0.2, 0) is 0 Å². The third kappa shape index (κ3) is 4.51. The van der Waals surface area contributed by atoms with E-state index in [1.54, 1.807) is 11.8 Å². The highest BCUT2D eigenvalue weighted by molar-refractivity contribution is 7.99. The minimum Gasteiger partial charge on any atom is -0.316 e. The van der Waals surface area contributed by atoms with Gasteiger partial charge >= 0.3 is 0 Å². The van der Waals surface area contributed by atoms with Crippen molar-refractivity contribution in [1.82, 2.24) is 19.9 Å². The van der Waals surface area contributed by atoms with Gasteiger partial charge in [-0.05, 0) is 30.5 Å². The highest BCUT2D eigenvalue weighted by Gasteiger charge is 2.09. The molecule has 2 rings (SSSR count). The minimum atomic E-state index is 0.406. The summed E-state index contributed by atoms with van der Waals surface area (Å²) in [6, 6.07) is 5.95. The Kier molecular flexibility index (Phi) is 4.82. The topological polar surface area (TPSA) is 42.2 Å². The Hall–Kier alpha value is -1.07. The fourth-order valence-electron chi connectivity index (χ4n) is 1.72. The lowest BCUT2D eigenvalue weighted by Crippen LogP contribution is -2.22. The summed E-state index contributed by atoms with van der Waals surface area (Å²) in [5.74, 6) is 1.01. The summed E-state index contributed by atoms with van der Waals surface area (Å²) in [7, 11) is 0. The van der Waals surface area contributed by atoms with Gasteiger partial charge in [0.2, 0.25) is 0 Å². The molecule has 0 atom stereocenters. The van der Waals surface area contributed by atoms with Gasteiger partial charge in [-0.3, -0.25) is 4.40 Å². The highest BCUT2D eigenvalue weighted by Crippen LogP contribution is 2.17. The van der Waals surface area contributed by atoms with Gasteiger partial charge < -0.3 is 5.32 Å². The molecule has 1 N–H and O–H groups in total. The monoisotopic (exact) mass is 278 g/mol. The van der Waals surface area contributed by atoms with Crippen molar-refractivity contribution in [1.29, 1.82) is 0 Å². The quantitative estimate of drug-likeness (QED) is 0.652. The number of rotatable bonds is 6. The predicted molar refractivity (Wildman–Crippen MR) is 80.7 cm³/mol. The summed E-state index contributed by atoms with van der Waals surface area (Å²) in [4.78, 5) is 0. The van der Waals surface area contributed by atoms with E-state index in [0.717, 1.165) is 29.6 Å². The molecule has 0 fully saturated rings. The van der Waals surface area contributed by atoms with Crippen LogP contribution in [0.1, 0.15) is 27.2 Å². The van der Waals surface area contributed by atoms with Gasteiger partial charge in [-0.15, -0.1) is 10.2 Å². The van der Waals surface area contributed by atoms with Gasteiger partial charge in [0.15, 0.2) is 10.8 Å². The molecular formula is C14H22N4S. The van der Waals surface area contributed by atoms with E-state index in [0.29, 0.717) is 5.41 Å². The van der Waals surface area contributed by atoms with Gasteiger partial charge in [-0.2, -0.15) is 0 Å². The van der Waals surface area contributed by atoms with Gasteiger partial charge in [0.25, 0.3) is 0 Å². The second-order valence-electron chi connectivity index (χ2n) is 5.82. The van der Waals surface area contributed by atoms with Crippen LogP contribution in [0, 0.1) is 5.41 Å². The molecule has 0 saturated heterocycles. The maximum absolute atomic E-state index is 4.20. The fourth-order valence-corrected chi connectivity index (χ4v) is 2.54. The molecule has 0 saturated carbocycles. The van der Waals surface area contributed by atoms with Gasteiger partial charge in [-0.25, -0.2) is 0 Å². The van der Waals surface area contributed by atoms with Gasteiger partial charge in [0.05, 0.1) is 0 Å². The number of aromatic nitrogens is 3. The summed E-state index contributed by atoms with van der Waals surface area (Å²) in [6.45, 7) is 8.89. The molecule has 0 aliphatic rings. The molecule has 0 spiro atoms. The van der Waals surface area contributed by atoms with Crippen molar-refractivity contribution < 1.29 is 0 Å². The average molecular weight is 278 g/mol. The van der Waals surface area contributed by atoms with E-state index in [1.165, 1.54) is 6.42 Å². The summed E-state index contributed by atoms with van der Waals surface area (Å²) in [5.41, 5.74) is 1.31. The van der Waals surface area contributed by atoms with Crippen LogP contribution < -0.4 is 5.32 Å². The zero-order valence-corrected chi connectivity index (χ0v) is 12.7. The Morgan fingerprint density at radius 3 is 2.84 bits per heavy atom. The number of nitrogens with one attached hydrogen (secondary N) is 1. The molecule has 2 aromatic heterocycles. The lowest BCUT2D eigenvalue weighted by atomic mass is 9.92. The molecule has 0 radical (unpaired) electrons. The molecule has 0 amide bonds. The maximum Gasteiger partial charge on any atom is 0.195 e. The minimum absolute atomic E-state index is 0.406. The first-order chi connectivity index (χ1) is 9.06. The van der Waals surface area contributed by atoms with Crippen LogP contribution in [0.4, 0.5) is 0 Å². The molecule has 104 valence electrons. The van der Waals surface area contributed by atoms with E-state index >= 15 is 0 Å². The first kappa shape index (κ1) is 14.3. The van der Waals surface area contributed by atoms with Crippen LogP contribution in [0.25, 0.3) is 5.65 Å². The molecule has 19 heavy (non-hydrogen) atoms. The largest absolute Gasteiger partial charge is 0.316 e. The second kappa shape index (κ2) is 6.39. The molecule has 4 nitrogen and oxygen atoms in total. The van der Waals surface area contributed by atoms with E-state index in [9.17, 15) is 0 Å². The molecule has 0 aromatic carbocycles. The van der Waals surface area contributed by atoms with Crippen molar-refractivity contribution in [2.45, 2.75) is 32.3 Å². The zero-order chi connectivity index (χ0) is 13.7. The summed E-state index contributed by atoms with van der Waals surface area (Å²) < 4.78 is 2.03. The van der Waals surface area contributed by atoms with Crippen LogP contribution in [0.5, 0.6) is 0 Å². The number of fused-ring (bicyclic) bond motifs is 1. The van der Waals surface area contributed by atoms with Crippen molar-refractivity contribution in [2.75, 3.05) is 18.8 Å². The zero-order valence-electron chi connectivity index (χ0n) is 11.9. The maximum atomic E-state index is 4.20. The Balaban J connectivity index is 1.71. The lowest BCUT2D eigenvalue weighted by molar-refractivity contribution is 0.369. The van der Waals surface area contributed by atoms with E-state index in [1.807, 2.05) is 28.8 Å². The van der Waals surface area contributed by atoms with Crippen LogP contribution >= 0.6 is 11.8 Å². The number of pyridine rings is 1. The molecular weight excluding hydrogens is 256 g/mol. The number of hydrogen-bond acceptors (Lipinski definition) is 4. The molecule has 0 aliphatic heterocycles. The van der Waals surface area contributed by atoms with Crippen LogP contribution in [0.3, 0.4) is 0 Å². The Morgan fingerprint density at radius 2 is 2.05 bits per heavy atom. The molecule has 0 aliphatic carbocycles. The van der Waals surface area contributed by atoms with Gasteiger partial charge in [0.1, 0.15) is 0 Å². The third-order valence-corrected chi connectivity index (χ3v) is 3.79. The van der Waals surface area contributed by atoms with E-state index in [-0.39, 0.29) is 0 Å². The summed E-state index contributed by atoms with van der Waals surface area (Å²) >= 11 is 1.74. The van der Waals surface area contributed by atoms with Crippen molar-refractivity contribution in [2.24, 2.45) is 5.41 Å². The second-order valence-corrected chi connectivity index (χ2v) is 6.88. The molecule has 0 bridgehead atoms. The highest BCUT2D eigenvalue weighted by atomic mass is 32.2. The van der Waals surface area contributed by atoms with Crippen molar-refractivity contribution in [3.8, 4) is 0 Å². The standard InChI is InChI=1S/C14H22N4S/c1-14(2,3)7-8-15-9-11-19-13-17-16-12-6-4-5-10-18(12)13/h4-6,10,15H,7-9,11H2,1-3H3. The Bertz CT molecular complexity index is 515. The van der Waals surface area contributed by atoms with Crippen molar-refractivity contribution in [3.05, 3.63) is 24.4 Å². The molecule has 5 heteroatoms. The fraction of sp³-hybridized carbons (Fsp3) is 0.571. The number of hydrogen-bond donors (Lipinski definition) is 1. The lowest BCUT2D eigenvalue weighted by Gasteiger charge is -2.17. The third-order valence-electron chi connectivity index (χ3n) is 2.84. The first-order valence-corrected chi connectivity index (χ1v) is 7.68. The number of nitrogens with zero attached hydrogens (tertiary/aromatic N) is 3. The number of thioether (sulfide) groups is 1.